The van der Waals surface area contributed by atoms with E-state index in [1.807, 2.05) is 0 Å². The summed E-state index contributed by atoms with van der Waals surface area (Å²) in [4.78, 5) is 32.7. The van der Waals surface area contributed by atoms with Gasteiger partial charge in [-0.3, -0.25) is 4.79 Å². The number of alkyl halides is 6. The van der Waals surface area contributed by atoms with Crippen LogP contribution < -0.4 is 21.7 Å². The van der Waals surface area contributed by atoms with Gasteiger partial charge in [0.2, 0.25) is 5.95 Å². The molecular formula is C29H37F6N7O3. The number of carbonyl (C=O) groups is 2. The lowest BCUT2D eigenvalue weighted by Gasteiger charge is -2.22. The van der Waals surface area contributed by atoms with Gasteiger partial charge in [0.25, 0.3) is 5.91 Å². The summed E-state index contributed by atoms with van der Waals surface area (Å²) >= 11 is 0. The molecule has 2 saturated carbocycles. The van der Waals surface area contributed by atoms with E-state index in [0.717, 1.165) is 25.7 Å². The first-order valence-corrected chi connectivity index (χ1v) is 14.6. The first-order chi connectivity index (χ1) is 21.2. The van der Waals surface area contributed by atoms with Crippen LogP contribution in [0.2, 0.25) is 0 Å². The Morgan fingerprint density at radius 2 is 1.47 bits per heavy atom. The molecule has 1 aromatic carbocycles. The number of benzene rings is 1. The number of aromatic amines is 1. The van der Waals surface area contributed by atoms with Crippen molar-refractivity contribution in [1.29, 1.82) is 0 Å². The minimum atomic E-state index is -5.08. The van der Waals surface area contributed by atoms with Crippen LogP contribution in [0.4, 0.5) is 43.8 Å². The van der Waals surface area contributed by atoms with Crippen molar-refractivity contribution in [3.05, 3.63) is 42.1 Å². The molecule has 2 aliphatic rings. The Bertz CT molecular complexity index is 1370. The van der Waals surface area contributed by atoms with Gasteiger partial charge in [-0.1, -0.05) is 38.5 Å². The highest BCUT2D eigenvalue weighted by atomic mass is 19.4. The van der Waals surface area contributed by atoms with E-state index in [4.69, 9.17) is 15.6 Å². The molecule has 16 heteroatoms. The molecule has 0 atom stereocenters. The molecule has 0 aliphatic heterocycles. The van der Waals surface area contributed by atoms with Crippen molar-refractivity contribution >= 4 is 40.4 Å². The summed E-state index contributed by atoms with van der Waals surface area (Å²) in [5, 5.41) is 15.9. The first-order valence-electron chi connectivity index (χ1n) is 14.6. The Balaban J connectivity index is 0.000000326. The van der Waals surface area contributed by atoms with E-state index < -0.39 is 24.9 Å². The van der Waals surface area contributed by atoms with Crippen molar-refractivity contribution < 1.29 is 41.0 Å². The van der Waals surface area contributed by atoms with E-state index in [-0.39, 0.29) is 23.7 Å². The molecule has 1 amide bonds. The van der Waals surface area contributed by atoms with E-state index in [1.54, 1.807) is 36.5 Å². The molecule has 2 fully saturated rings. The molecule has 10 nitrogen and oxygen atoms in total. The highest BCUT2D eigenvalue weighted by Gasteiger charge is 2.38. The first kappa shape index (κ1) is 35.4. The average molecular weight is 646 g/mol. The molecule has 0 unspecified atom stereocenters. The summed E-state index contributed by atoms with van der Waals surface area (Å²) in [6, 6.07) is 9.17. The van der Waals surface area contributed by atoms with Crippen LogP contribution in [0.25, 0.3) is 11.0 Å². The fraction of sp³-hybridized carbons (Fsp3) is 0.517. The maximum absolute atomic E-state index is 12.6. The number of aromatic nitrogens is 3. The van der Waals surface area contributed by atoms with Crippen molar-refractivity contribution in [3.8, 4) is 0 Å². The molecular weight excluding hydrogens is 608 g/mol. The zero-order valence-corrected chi connectivity index (χ0v) is 24.4. The van der Waals surface area contributed by atoms with Crippen molar-refractivity contribution in [2.75, 3.05) is 17.2 Å². The number of halogens is 6. The van der Waals surface area contributed by atoms with E-state index in [2.05, 4.69) is 30.9 Å². The molecule has 248 valence electrons. The Kier molecular flexibility index (Phi) is 12.8. The summed E-state index contributed by atoms with van der Waals surface area (Å²) < 4.78 is 69.5. The minimum Gasteiger partial charge on any atom is -0.475 e. The van der Waals surface area contributed by atoms with E-state index in [1.165, 1.54) is 38.5 Å². The number of H-pyrrole nitrogens is 1. The number of nitrogens with two attached hydrogens (primary N) is 1. The molecule has 0 spiro atoms. The average Bonchev–Trinajstić information content (AvgIpc) is 3.46. The number of aliphatic carboxylic acids is 1. The zero-order chi connectivity index (χ0) is 33.0. The molecule has 2 aliphatic carbocycles. The predicted octanol–water partition coefficient (Wildman–Crippen LogP) is 6.65. The van der Waals surface area contributed by atoms with Crippen molar-refractivity contribution in [3.63, 3.8) is 0 Å². The van der Waals surface area contributed by atoms with Crippen LogP contribution in [0.15, 0.2) is 36.5 Å². The lowest BCUT2D eigenvalue weighted by Crippen LogP contribution is -2.36. The Hall–Kier alpha value is -4.08. The fourth-order valence-electron chi connectivity index (χ4n) is 4.80. The third-order valence-corrected chi connectivity index (χ3v) is 7.11. The standard InChI is InChI=1S/C21H23F3N6O.C6H13N.C2HF3O2/c22-21(23,24)12-26-18-16-10-11-25-17(16)29-20(30-18)28-15-8-6-13(7-9-15)19(31)27-14-4-2-1-3-5-14;7-6-4-2-1-3-5-6;3-2(4,5)1(6)7/h6-11,14H,1-5,12H2,(H,27,31)(H3,25,26,28,29,30);6H,1-5,7H2;(H,6,7). The van der Waals surface area contributed by atoms with Crippen LogP contribution in [-0.2, 0) is 4.79 Å². The summed E-state index contributed by atoms with van der Waals surface area (Å²) in [6.45, 7) is -1.20. The number of nitrogens with zero attached hydrogens (tertiary/aromatic N) is 2. The highest BCUT2D eigenvalue weighted by molar-refractivity contribution is 5.95. The van der Waals surface area contributed by atoms with Crippen LogP contribution in [0.1, 0.15) is 74.6 Å². The third-order valence-electron chi connectivity index (χ3n) is 7.11. The molecule has 0 radical (unpaired) electrons. The highest BCUT2D eigenvalue weighted by Crippen LogP contribution is 2.25. The number of nitrogens with one attached hydrogen (secondary N) is 4. The lowest BCUT2D eigenvalue weighted by atomic mass is 9.95. The molecule has 5 rings (SSSR count). The number of hydrogen-bond acceptors (Lipinski definition) is 7. The second-order valence-corrected chi connectivity index (χ2v) is 10.8. The topological polar surface area (TPSA) is 158 Å². The van der Waals surface area contributed by atoms with E-state index in [0.29, 0.717) is 28.3 Å². The largest absolute Gasteiger partial charge is 0.490 e. The Labute approximate surface area is 255 Å². The second kappa shape index (κ2) is 16.3. The third kappa shape index (κ3) is 12.4. The minimum absolute atomic E-state index is 0.0783. The van der Waals surface area contributed by atoms with Gasteiger partial charge in [-0.15, -0.1) is 0 Å². The smallest absolute Gasteiger partial charge is 0.475 e. The number of amides is 1. The quantitative estimate of drug-likeness (QED) is 0.163. The number of rotatable bonds is 6. The molecule has 0 saturated heterocycles. The van der Waals surface area contributed by atoms with Gasteiger partial charge in [-0.05, 0) is 56.0 Å². The number of hydrogen-bond donors (Lipinski definition) is 6. The SMILES string of the molecule is NC1CCCCC1.O=C(NC1CCCCC1)c1ccc(Nc2nc(NCC(F)(F)F)c3cc[nH]c3n2)cc1.O=C(O)C(F)(F)F. The van der Waals surface area contributed by atoms with Crippen molar-refractivity contribution in [2.45, 2.75) is 88.6 Å². The zero-order valence-electron chi connectivity index (χ0n) is 24.4. The fourth-order valence-corrected chi connectivity index (χ4v) is 4.80. The maximum Gasteiger partial charge on any atom is 0.490 e. The molecule has 45 heavy (non-hydrogen) atoms. The van der Waals surface area contributed by atoms with Gasteiger partial charge in [0, 0.05) is 29.5 Å². The molecule has 7 N–H and O–H groups in total. The predicted molar refractivity (Wildman–Crippen MR) is 157 cm³/mol. The van der Waals surface area contributed by atoms with Crippen LogP contribution in [-0.4, -0.2) is 62.9 Å². The molecule has 0 bridgehead atoms. The number of carbonyl (C=O) groups excluding carboxylic acids is 1. The molecule has 2 heterocycles. The van der Waals surface area contributed by atoms with Gasteiger partial charge in [-0.25, -0.2) is 4.79 Å². The normalized spacial score (nSPS) is 16.1. The van der Waals surface area contributed by atoms with Crippen molar-refractivity contribution in [2.24, 2.45) is 5.73 Å². The van der Waals surface area contributed by atoms with Gasteiger partial charge < -0.3 is 31.8 Å². The van der Waals surface area contributed by atoms with Crippen LogP contribution in [0.5, 0.6) is 0 Å². The second-order valence-electron chi connectivity index (χ2n) is 10.8. The summed E-state index contributed by atoms with van der Waals surface area (Å²) in [6.07, 6.45) is 4.31. The Morgan fingerprint density at radius 3 is 1.98 bits per heavy atom. The number of anilines is 3. The van der Waals surface area contributed by atoms with Gasteiger partial charge >= 0.3 is 18.3 Å². The molecule has 2 aromatic heterocycles. The van der Waals surface area contributed by atoms with Gasteiger partial charge in [-0.2, -0.15) is 36.3 Å². The van der Waals surface area contributed by atoms with Crippen LogP contribution >= 0.6 is 0 Å². The van der Waals surface area contributed by atoms with E-state index in [9.17, 15) is 31.1 Å². The summed E-state index contributed by atoms with van der Waals surface area (Å²) in [5.74, 6) is -2.65. The summed E-state index contributed by atoms with van der Waals surface area (Å²) in [5.41, 5.74) is 7.20. The maximum atomic E-state index is 12.6. The Morgan fingerprint density at radius 1 is 0.889 bits per heavy atom. The number of carboxylic acid groups (broad SMARTS) is 1. The van der Waals surface area contributed by atoms with Gasteiger partial charge in [0.05, 0.1) is 5.39 Å². The summed E-state index contributed by atoms with van der Waals surface area (Å²) in [7, 11) is 0. The lowest BCUT2D eigenvalue weighted by molar-refractivity contribution is -0.192. The molecule has 3 aromatic rings. The van der Waals surface area contributed by atoms with Gasteiger partial charge in [0.1, 0.15) is 18.0 Å². The van der Waals surface area contributed by atoms with Crippen LogP contribution in [0.3, 0.4) is 0 Å². The van der Waals surface area contributed by atoms with Crippen LogP contribution in [0, 0.1) is 0 Å². The van der Waals surface area contributed by atoms with Crippen molar-refractivity contribution in [1.82, 2.24) is 20.3 Å². The monoisotopic (exact) mass is 645 g/mol. The van der Waals surface area contributed by atoms with Gasteiger partial charge in [0.15, 0.2) is 0 Å². The van der Waals surface area contributed by atoms with E-state index >= 15 is 0 Å². The number of fused-ring (bicyclic) bond motifs is 1. The number of carboxylic acids is 1.